The standard InChI is InChI=1S/C13H20AsN5O3/c1-14(2)13-17-11(15-3)10-12(18-13)19(6-16-10)9-4-7(21)8(5-20)22-9/h6-9,20-21H,4-5H2,1-3H3,(H,15,17,18)/t7-,8+,9+/m1/s1. The van der Waals surface area contributed by atoms with Crippen LogP contribution in [0.4, 0.5) is 5.82 Å². The van der Waals surface area contributed by atoms with E-state index in [1.54, 1.807) is 6.33 Å². The number of ether oxygens (including phenoxy) is 1. The molecular weight excluding hydrogens is 349 g/mol. The van der Waals surface area contributed by atoms with Gasteiger partial charge in [0, 0.05) is 0 Å². The Morgan fingerprint density at radius 3 is 2.82 bits per heavy atom. The van der Waals surface area contributed by atoms with Gasteiger partial charge in [-0.1, -0.05) is 0 Å². The number of aliphatic hydroxyl groups excluding tert-OH is 2. The Labute approximate surface area is 132 Å². The van der Waals surface area contributed by atoms with Crippen LogP contribution in [0.5, 0.6) is 0 Å². The molecule has 0 spiro atoms. The molecule has 1 fully saturated rings. The van der Waals surface area contributed by atoms with Crippen molar-refractivity contribution < 1.29 is 14.9 Å². The third-order valence-electron chi connectivity index (χ3n) is 3.74. The molecule has 22 heavy (non-hydrogen) atoms. The Morgan fingerprint density at radius 1 is 1.45 bits per heavy atom. The topological polar surface area (TPSA) is 105 Å². The second-order valence-electron chi connectivity index (χ2n) is 5.46. The van der Waals surface area contributed by atoms with Crippen molar-refractivity contribution in [3.05, 3.63) is 6.33 Å². The van der Waals surface area contributed by atoms with Crippen LogP contribution in [-0.4, -0.2) is 70.2 Å². The second-order valence-corrected chi connectivity index (χ2v) is 10.0. The van der Waals surface area contributed by atoms with E-state index >= 15 is 0 Å². The number of aromatic nitrogens is 4. The van der Waals surface area contributed by atoms with Gasteiger partial charge in [-0.2, -0.15) is 0 Å². The molecule has 9 heteroatoms. The van der Waals surface area contributed by atoms with E-state index in [1.165, 1.54) is 0 Å². The molecule has 0 aliphatic carbocycles. The number of fused-ring (bicyclic) bond motifs is 1. The summed E-state index contributed by atoms with van der Waals surface area (Å²) in [7, 11) is 1.81. The Balaban J connectivity index is 2.06. The van der Waals surface area contributed by atoms with Gasteiger partial charge in [0.15, 0.2) is 0 Å². The molecule has 2 aromatic heterocycles. The van der Waals surface area contributed by atoms with E-state index < -0.39 is 26.9 Å². The van der Waals surface area contributed by atoms with Crippen LogP contribution in [0.1, 0.15) is 12.6 Å². The Kier molecular flexibility index (Phi) is 4.36. The summed E-state index contributed by atoms with van der Waals surface area (Å²) in [6.45, 7) is -0.203. The van der Waals surface area contributed by atoms with Crippen LogP contribution in [0.2, 0.25) is 11.4 Å². The fourth-order valence-electron chi connectivity index (χ4n) is 2.54. The van der Waals surface area contributed by atoms with Gasteiger partial charge >= 0.3 is 132 Å². The average molecular weight is 369 g/mol. The number of nitrogens with one attached hydrogen (secondary N) is 1. The van der Waals surface area contributed by atoms with Gasteiger partial charge in [0.25, 0.3) is 0 Å². The van der Waals surface area contributed by atoms with Crippen molar-refractivity contribution in [2.24, 2.45) is 0 Å². The van der Waals surface area contributed by atoms with E-state index in [-0.39, 0.29) is 12.8 Å². The minimum atomic E-state index is -1.24. The zero-order valence-corrected chi connectivity index (χ0v) is 14.6. The summed E-state index contributed by atoms with van der Waals surface area (Å²) in [4.78, 5) is 13.6. The van der Waals surface area contributed by atoms with Crippen LogP contribution in [-0.2, 0) is 4.74 Å². The summed E-state index contributed by atoms with van der Waals surface area (Å²) < 4.78 is 8.39. The third kappa shape index (κ3) is 2.60. The molecule has 0 radical (unpaired) electrons. The number of hydrogen-bond acceptors (Lipinski definition) is 7. The minimum absolute atomic E-state index is 0.203. The summed E-state index contributed by atoms with van der Waals surface area (Å²) in [5, 5.41) is 22.2. The van der Waals surface area contributed by atoms with Gasteiger partial charge in [-0.15, -0.1) is 0 Å². The maximum atomic E-state index is 9.92. The SMILES string of the molecule is CNc1nc([As](C)C)nc2c1ncn2[C@@H]1C[C@@H](O)[C@H](CO)O1. The van der Waals surface area contributed by atoms with E-state index in [0.717, 1.165) is 4.61 Å². The first-order chi connectivity index (χ1) is 10.5. The monoisotopic (exact) mass is 369 g/mol. The molecule has 3 atom stereocenters. The average Bonchev–Trinajstić information content (AvgIpc) is 3.08. The summed E-state index contributed by atoms with van der Waals surface area (Å²) in [5.74, 6) is 0.707. The van der Waals surface area contributed by atoms with Gasteiger partial charge in [0.1, 0.15) is 0 Å². The quantitative estimate of drug-likeness (QED) is 0.623. The zero-order chi connectivity index (χ0) is 15.9. The Hall–Kier alpha value is -1.21. The van der Waals surface area contributed by atoms with Crippen molar-refractivity contribution in [1.82, 2.24) is 19.5 Å². The molecule has 0 unspecified atom stereocenters. The van der Waals surface area contributed by atoms with Crippen molar-refractivity contribution in [2.45, 2.75) is 36.3 Å². The number of hydrogen-bond donors (Lipinski definition) is 3. The predicted molar refractivity (Wildman–Crippen MR) is 83.6 cm³/mol. The molecular formula is C13H20AsN5O3. The van der Waals surface area contributed by atoms with Gasteiger partial charge in [0.05, 0.1) is 0 Å². The number of aliphatic hydroxyl groups is 2. The fraction of sp³-hybridized carbons (Fsp3) is 0.615. The Morgan fingerprint density at radius 2 is 2.23 bits per heavy atom. The number of rotatable bonds is 4. The van der Waals surface area contributed by atoms with Crippen molar-refractivity contribution in [2.75, 3.05) is 19.0 Å². The van der Waals surface area contributed by atoms with E-state index in [2.05, 4.69) is 31.7 Å². The van der Waals surface area contributed by atoms with Crippen LogP contribution >= 0.6 is 0 Å². The molecule has 0 bridgehead atoms. The van der Waals surface area contributed by atoms with Gasteiger partial charge in [-0.3, -0.25) is 0 Å². The third-order valence-corrected chi connectivity index (χ3v) is 5.84. The second kappa shape index (κ2) is 6.12. The predicted octanol–water partition coefficient (Wildman–Crippen LogP) is -0.530. The molecule has 2 aromatic rings. The van der Waals surface area contributed by atoms with Crippen molar-refractivity contribution in [3.63, 3.8) is 0 Å². The summed E-state index contributed by atoms with van der Waals surface area (Å²) in [6, 6.07) is 0. The van der Waals surface area contributed by atoms with Crippen LogP contribution in [0.15, 0.2) is 6.33 Å². The number of anilines is 1. The van der Waals surface area contributed by atoms with Crippen molar-refractivity contribution in [1.29, 1.82) is 0 Å². The first-order valence-corrected chi connectivity index (χ1v) is 11.8. The first kappa shape index (κ1) is 15.7. The number of imidazole rings is 1. The molecule has 120 valence electrons. The van der Waals surface area contributed by atoms with E-state index in [0.29, 0.717) is 23.4 Å². The van der Waals surface area contributed by atoms with Crippen LogP contribution < -0.4 is 9.93 Å². The van der Waals surface area contributed by atoms with E-state index in [4.69, 9.17) is 4.74 Å². The molecule has 3 rings (SSSR count). The normalized spacial score (nSPS) is 25.3. The molecule has 1 aliphatic rings. The van der Waals surface area contributed by atoms with Gasteiger partial charge in [-0.25, -0.2) is 0 Å². The molecule has 8 nitrogen and oxygen atoms in total. The summed E-state index contributed by atoms with van der Waals surface area (Å²) >= 11 is -1.24. The van der Waals surface area contributed by atoms with E-state index in [1.807, 2.05) is 11.6 Å². The summed E-state index contributed by atoms with van der Waals surface area (Å²) in [6.07, 6.45) is 0.443. The maximum absolute atomic E-state index is 9.92. The molecule has 0 saturated carbocycles. The number of nitrogens with zero attached hydrogens (tertiary/aromatic N) is 4. The molecule has 3 N–H and O–H groups in total. The van der Waals surface area contributed by atoms with Crippen molar-refractivity contribution >= 4 is 36.2 Å². The zero-order valence-electron chi connectivity index (χ0n) is 12.8. The Bertz CT molecular complexity index is 677. The van der Waals surface area contributed by atoms with Gasteiger partial charge in [-0.05, 0) is 0 Å². The molecule has 3 heterocycles. The van der Waals surface area contributed by atoms with Crippen LogP contribution in [0.3, 0.4) is 0 Å². The van der Waals surface area contributed by atoms with Crippen LogP contribution in [0, 0.1) is 0 Å². The molecule has 0 aromatic carbocycles. The fourth-order valence-corrected chi connectivity index (χ4v) is 3.79. The molecule has 1 saturated heterocycles. The van der Waals surface area contributed by atoms with Crippen molar-refractivity contribution in [3.8, 4) is 0 Å². The molecule has 1 aliphatic heterocycles. The summed E-state index contributed by atoms with van der Waals surface area (Å²) in [5.41, 5.74) is 5.73. The molecule has 0 amide bonds. The van der Waals surface area contributed by atoms with Crippen LogP contribution in [0.25, 0.3) is 11.2 Å². The van der Waals surface area contributed by atoms with Gasteiger partial charge < -0.3 is 0 Å². The van der Waals surface area contributed by atoms with E-state index in [9.17, 15) is 10.2 Å². The van der Waals surface area contributed by atoms with Gasteiger partial charge in [0.2, 0.25) is 0 Å². The first-order valence-electron chi connectivity index (χ1n) is 7.09.